The summed E-state index contributed by atoms with van der Waals surface area (Å²) in [6, 6.07) is 53.4. The van der Waals surface area contributed by atoms with Crippen molar-refractivity contribution in [3.05, 3.63) is 200 Å². The Labute approximate surface area is 301 Å². The zero-order valence-electron chi connectivity index (χ0n) is 29.1. The Hall–Kier alpha value is -6.52. The molecule has 9 aromatic rings. The Morgan fingerprint density at radius 3 is 1.17 bits per heavy atom. The number of hydrogen-bond donors (Lipinski definition) is 0. The van der Waals surface area contributed by atoms with Crippen molar-refractivity contribution in [2.24, 2.45) is 0 Å². The van der Waals surface area contributed by atoms with Crippen LogP contribution in [0.25, 0.3) is 65.9 Å². The van der Waals surface area contributed by atoms with Crippen LogP contribution in [0.2, 0.25) is 0 Å². The minimum absolute atomic E-state index is 0.0426. The lowest BCUT2D eigenvalue weighted by molar-refractivity contribution is 0.856. The van der Waals surface area contributed by atoms with Gasteiger partial charge in [0.2, 0.25) is 0 Å². The van der Waals surface area contributed by atoms with Gasteiger partial charge in [0.25, 0.3) is 0 Å². The van der Waals surface area contributed by atoms with Gasteiger partial charge in [-0.25, -0.2) is 0 Å². The van der Waals surface area contributed by atoms with E-state index in [0.29, 0.717) is 34.6 Å². The van der Waals surface area contributed by atoms with Gasteiger partial charge in [-0.3, -0.25) is 9.59 Å². The summed E-state index contributed by atoms with van der Waals surface area (Å²) in [6.45, 7) is 5.25. The Kier molecular flexibility index (Phi) is 7.66. The molecule has 52 heavy (non-hydrogen) atoms. The summed E-state index contributed by atoms with van der Waals surface area (Å²) in [5.74, 6) is 0. The standard InChI is InChI=1S/C48H36N2O2/c1-31-19-23-33(24-20-31)29-49-41-17-9-15-37(35-11-5-3-6-12-35)45(41)47(51)39-28-44-40(27-43(39)49)48(52)46-38(36-13-7-4-8-14-36)16-10-18-42(46)50(44)30-34-25-21-32(2)22-26-34/h3-28H,29-30H2,1-2H3. The summed E-state index contributed by atoms with van der Waals surface area (Å²) in [6.07, 6.45) is 0. The van der Waals surface area contributed by atoms with Gasteiger partial charge < -0.3 is 9.13 Å². The maximum absolute atomic E-state index is 15.0. The van der Waals surface area contributed by atoms with Crippen LogP contribution in [0.5, 0.6) is 0 Å². The molecule has 0 amide bonds. The first-order chi connectivity index (χ1) is 25.4. The smallest absolute Gasteiger partial charge is 0.197 e. The average molecular weight is 673 g/mol. The molecule has 4 heteroatoms. The molecule has 2 heterocycles. The number of aromatic nitrogens is 2. The van der Waals surface area contributed by atoms with Gasteiger partial charge in [-0.2, -0.15) is 0 Å². The molecule has 0 atom stereocenters. The van der Waals surface area contributed by atoms with Crippen LogP contribution in [0.1, 0.15) is 22.3 Å². The van der Waals surface area contributed by atoms with Gasteiger partial charge >= 0.3 is 0 Å². The Bertz CT molecular complexity index is 2720. The SMILES string of the molecule is Cc1ccc(Cn2c3cc4c(=O)c5c(-c6ccccc6)cccc5n(Cc5ccc(C)cc5)c4cc3c(=O)c3c(-c4ccccc4)cccc32)cc1. The Morgan fingerprint density at radius 1 is 0.404 bits per heavy atom. The van der Waals surface area contributed by atoms with Crippen LogP contribution in [0, 0.1) is 13.8 Å². The van der Waals surface area contributed by atoms with Crippen molar-refractivity contribution < 1.29 is 0 Å². The fourth-order valence-electron chi connectivity index (χ4n) is 7.73. The number of hydrogen-bond acceptors (Lipinski definition) is 2. The fourth-order valence-corrected chi connectivity index (χ4v) is 7.73. The summed E-state index contributed by atoms with van der Waals surface area (Å²) in [7, 11) is 0. The molecular formula is C48H36N2O2. The van der Waals surface area contributed by atoms with E-state index in [0.717, 1.165) is 55.4 Å². The lowest BCUT2D eigenvalue weighted by Gasteiger charge is -2.21. The molecule has 4 nitrogen and oxygen atoms in total. The maximum Gasteiger partial charge on any atom is 0.197 e. The number of fused-ring (bicyclic) bond motifs is 4. The van der Waals surface area contributed by atoms with Crippen LogP contribution in [0.4, 0.5) is 0 Å². The van der Waals surface area contributed by atoms with Crippen molar-refractivity contribution in [2.75, 3.05) is 0 Å². The molecule has 250 valence electrons. The number of pyridine rings is 2. The highest BCUT2D eigenvalue weighted by Crippen LogP contribution is 2.34. The molecule has 2 aromatic heterocycles. The summed E-state index contributed by atoms with van der Waals surface area (Å²) < 4.78 is 4.44. The van der Waals surface area contributed by atoms with Crippen molar-refractivity contribution in [1.29, 1.82) is 0 Å². The van der Waals surface area contributed by atoms with Crippen LogP contribution in [0.15, 0.2) is 167 Å². The van der Waals surface area contributed by atoms with E-state index in [4.69, 9.17) is 0 Å². The monoisotopic (exact) mass is 672 g/mol. The van der Waals surface area contributed by atoms with Gasteiger partial charge in [0.05, 0.1) is 32.8 Å². The normalized spacial score (nSPS) is 11.6. The van der Waals surface area contributed by atoms with Crippen molar-refractivity contribution in [3.63, 3.8) is 0 Å². The van der Waals surface area contributed by atoms with Crippen LogP contribution >= 0.6 is 0 Å². The summed E-state index contributed by atoms with van der Waals surface area (Å²) in [4.78, 5) is 29.9. The molecule has 0 aliphatic heterocycles. The van der Waals surface area contributed by atoms with Crippen LogP contribution in [-0.2, 0) is 13.1 Å². The zero-order chi connectivity index (χ0) is 35.3. The topological polar surface area (TPSA) is 44.0 Å². The van der Waals surface area contributed by atoms with Gasteiger partial charge in [0.1, 0.15) is 0 Å². The van der Waals surface area contributed by atoms with E-state index < -0.39 is 0 Å². The predicted molar refractivity (Wildman–Crippen MR) is 216 cm³/mol. The van der Waals surface area contributed by atoms with Crippen LogP contribution in [0.3, 0.4) is 0 Å². The molecule has 0 bridgehead atoms. The molecule has 0 unspecified atom stereocenters. The van der Waals surface area contributed by atoms with Gasteiger partial charge in [-0.1, -0.05) is 145 Å². The summed E-state index contributed by atoms with van der Waals surface area (Å²) in [5.41, 5.74) is 11.4. The van der Waals surface area contributed by atoms with E-state index in [1.807, 2.05) is 84.9 Å². The quantitative estimate of drug-likeness (QED) is 0.165. The van der Waals surface area contributed by atoms with E-state index in [1.54, 1.807) is 0 Å². The van der Waals surface area contributed by atoms with Crippen molar-refractivity contribution >= 4 is 43.6 Å². The Balaban J connectivity index is 1.44. The molecule has 0 saturated heterocycles. The van der Waals surface area contributed by atoms with Crippen molar-refractivity contribution in [2.45, 2.75) is 26.9 Å². The lowest BCUT2D eigenvalue weighted by atomic mass is 9.96. The first-order valence-corrected chi connectivity index (χ1v) is 17.7. The first-order valence-electron chi connectivity index (χ1n) is 17.7. The lowest BCUT2D eigenvalue weighted by Crippen LogP contribution is -2.17. The highest BCUT2D eigenvalue weighted by atomic mass is 16.1. The van der Waals surface area contributed by atoms with E-state index in [9.17, 15) is 9.59 Å². The third-order valence-corrected chi connectivity index (χ3v) is 10.4. The van der Waals surface area contributed by atoms with Crippen LogP contribution < -0.4 is 10.9 Å². The molecule has 0 aliphatic rings. The van der Waals surface area contributed by atoms with E-state index in [2.05, 4.69) is 95.8 Å². The van der Waals surface area contributed by atoms with Gasteiger partial charge in [0.15, 0.2) is 10.9 Å². The van der Waals surface area contributed by atoms with Crippen molar-refractivity contribution in [3.8, 4) is 22.3 Å². The maximum atomic E-state index is 15.0. The average Bonchev–Trinajstić information content (AvgIpc) is 3.19. The minimum Gasteiger partial charge on any atom is -0.336 e. The zero-order valence-corrected chi connectivity index (χ0v) is 29.1. The molecule has 0 spiro atoms. The second-order valence-electron chi connectivity index (χ2n) is 13.8. The van der Waals surface area contributed by atoms with E-state index in [1.165, 1.54) is 11.1 Å². The third kappa shape index (κ3) is 5.32. The predicted octanol–water partition coefficient (Wildman–Crippen LogP) is 10.7. The molecule has 0 radical (unpaired) electrons. The molecule has 9 rings (SSSR count). The fraction of sp³-hybridized carbons (Fsp3) is 0.0833. The second kappa shape index (κ2) is 12.7. The molecule has 7 aromatic carbocycles. The number of benzene rings is 7. The second-order valence-corrected chi connectivity index (χ2v) is 13.8. The summed E-state index contributed by atoms with van der Waals surface area (Å²) in [5, 5.41) is 2.52. The van der Waals surface area contributed by atoms with Crippen molar-refractivity contribution in [1.82, 2.24) is 9.13 Å². The highest BCUT2D eigenvalue weighted by Gasteiger charge is 2.21. The molecule has 0 N–H and O–H groups in total. The summed E-state index contributed by atoms with van der Waals surface area (Å²) >= 11 is 0. The van der Waals surface area contributed by atoms with E-state index >= 15 is 0 Å². The third-order valence-electron chi connectivity index (χ3n) is 10.4. The molecular weight excluding hydrogens is 637 g/mol. The highest BCUT2D eigenvalue weighted by molar-refractivity contribution is 6.08. The number of nitrogens with zero attached hydrogens (tertiary/aromatic N) is 2. The van der Waals surface area contributed by atoms with E-state index in [-0.39, 0.29) is 10.9 Å². The van der Waals surface area contributed by atoms with Gasteiger partial charge in [-0.05, 0) is 71.5 Å². The van der Waals surface area contributed by atoms with Gasteiger partial charge in [0, 0.05) is 23.9 Å². The Morgan fingerprint density at radius 2 is 0.788 bits per heavy atom. The molecule has 0 saturated carbocycles. The first kappa shape index (κ1) is 31.5. The number of rotatable bonds is 6. The largest absolute Gasteiger partial charge is 0.336 e. The minimum atomic E-state index is -0.0426. The van der Waals surface area contributed by atoms with Gasteiger partial charge in [-0.15, -0.1) is 0 Å². The molecule has 0 fully saturated rings. The molecule has 0 aliphatic carbocycles. The number of aryl methyl sites for hydroxylation is 2. The van der Waals surface area contributed by atoms with Crippen LogP contribution in [-0.4, -0.2) is 9.13 Å².